The largest absolute Gasteiger partial charge is 0.299 e. The molecule has 0 bridgehead atoms. The van der Waals surface area contributed by atoms with Crippen molar-refractivity contribution in [3.63, 3.8) is 0 Å². The molecule has 2 saturated carbocycles. The number of thiazole rings is 1. The van der Waals surface area contributed by atoms with E-state index in [1.165, 1.54) is 17.8 Å². The average Bonchev–Trinajstić information content (AvgIpc) is 3.27. The molecule has 0 unspecified atom stereocenters. The van der Waals surface area contributed by atoms with Crippen LogP contribution in [-0.4, -0.2) is 33.9 Å². The fraction of sp³-hybridized carbons (Fsp3) is 0.500. The van der Waals surface area contributed by atoms with Crippen molar-refractivity contribution < 1.29 is 13.2 Å². The van der Waals surface area contributed by atoms with E-state index in [-0.39, 0.29) is 30.0 Å². The highest BCUT2D eigenvalue weighted by atomic mass is 32.1. The molecule has 0 spiro atoms. The monoisotopic (exact) mass is 443 g/mol. The fourth-order valence-corrected chi connectivity index (χ4v) is 6.23. The summed E-state index contributed by atoms with van der Waals surface area (Å²) in [5.74, 6) is -2.80. The van der Waals surface area contributed by atoms with Crippen molar-refractivity contribution in [2.75, 3.05) is 13.1 Å². The number of hydrogen-bond donors (Lipinski definition) is 0. The van der Waals surface area contributed by atoms with E-state index >= 15 is 0 Å². The molecule has 162 valence electrons. The van der Waals surface area contributed by atoms with Crippen LogP contribution in [0.1, 0.15) is 49.8 Å². The number of fused-ring (bicyclic) bond motifs is 1. The molecule has 2 aliphatic carbocycles. The van der Waals surface area contributed by atoms with E-state index in [1.54, 1.807) is 6.07 Å². The Morgan fingerprint density at radius 1 is 1.06 bits per heavy atom. The number of hydrogen-bond acceptors (Lipinski definition) is 4. The topological polar surface area (TPSA) is 29.0 Å². The Bertz CT molecular complexity index is 1150. The van der Waals surface area contributed by atoms with Crippen LogP contribution >= 0.6 is 11.3 Å². The molecule has 3 nitrogen and oxygen atoms in total. The van der Waals surface area contributed by atoms with Gasteiger partial charge in [-0.1, -0.05) is 17.4 Å². The molecule has 2 aromatic heterocycles. The van der Waals surface area contributed by atoms with Crippen molar-refractivity contribution in [3.8, 4) is 10.6 Å². The molecular weight excluding hydrogens is 419 g/mol. The number of alkyl halides is 2. The molecule has 1 aliphatic heterocycles. The van der Waals surface area contributed by atoms with Crippen LogP contribution in [0.5, 0.6) is 0 Å². The van der Waals surface area contributed by atoms with Gasteiger partial charge in [0.25, 0.3) is 0 Å². The third-order valence-electron chi connectivity index (χ3n) is 7.36. The number of nitrogens with zero attached hydrogens (tertiary/aromatic N) is 3. The molecule has 0 radical (unpaired) electrons. The minimum atomic E-state index is -2.54. The van der Waals surface area contributed by atoms with Crippen molar-refractivity contribution >= 4 is 21.7 Å². The number of halogens is 3. The van der Waals surface area contributed by atoms with Gasteiger partial charge in [-0.2, -0.15) is 0 Å². The molecule has 1 atom stereocenters. The fourth-order valence-electron chi connectivity index (χ4n) is 5.27. The van der Waals surface area contributed by atoms with Gasteiger partial charge in [-0.15, -0.1) is 0 Å². The molecule has 6 rings (SSSR count). The molecule has 3 aromatic rings. The third kappa shape index (κ3) is 3.46. The van der Waals surface area contributed by atoms with E-state index < -0.39 is 5.92 Å². The van der Waals surface area contributed by atoms with Crippen LogP contribution in [0.2, 0.25) is 0 Å². The van der Waals surface area contributed by atoms with E-state index in [0.29, 0.717) is 17.0 Å². The van der Waals surface area contributed by atoms with Crippen LogP contribution < -0.4 is 0 Å². The Balaban J connectivity index is 1.28. The van der Waals surface area contributed by atoms with Crippen molar-refractivity contribution in [1.82, 2.24) is 14.9 Å². The normalized spacial score (nSPS) is 24.4. The summed E-state index contributed by atoms with van der Waals surface area (Å²) in [4.78, 5) is 12.5. The first-order valence-electron chi connectivity index (χ1n) is 11.1. The highest BCUT2D eigenvalue weighted by Gasteiger charge is 2.57. The highest BCUT2D eigenvalue weighted by molar-refractivity contribution is 7.21. The molecule has 0 N–H and O–H groups in total. The molecule has 1 saturated heterocycles. The maximum absolute atomic E-state index is 14.8. The standard InChI is InChI=1S/C24H24F3N3S/c25-18-12-15(14-30-10-1-11-30)2-3-17(18)21-28-19-4-5-20(29-22(19)31-21)23(8-9-23)16-6-7-24(26,27)13-16/h2-5,12,16H,1,6-11,13-14H2/t16-/m0/s1. The van der Waals surface area contributed by atoms with Crippen molar-refractivity contribution in [2.24, 2.45) is 5.92 Å². The number of benzene rings is 1. The molecule has 3 fully saturated rings. The minimum Gasteiger partial charge on any atom is -0.299 e. The first-order chi connectivity index (χ1) is 14.9. The van der Waals surface area contributed by atoms with Crippen LogP contribution in [0.25, 0.3) is 20.9 Å². The molecule has 7 heteroatoms. The lowest BCUT2D eigenvalue weighted by molar-refractivity contribution is 0.00318. The molecule has 3 heterocycles. The SMILES string of the molecule is Fc1cc(CN2CCC2)ccc1-c1nc2ccc(C3([C@H]4CCC(F)(F)C4)CC3)nc2s1. The zero-order chi connectivity index (χ0) is 21.2. The zero-order valence-electron chi connectivity index (χ0n) is 17.2. The summed E-state index contributed by atoms with van der Waals surface area (Å²) in [7, 11) is 0. The van der Waals surface area contributed by atoms with E-state index in [1.807, 2.05) is 24.3 Å². The molecule has 1 aromatic carbocycles. The minimum absolute atomic E-state index is 0.00348. The van der Waals surface area contributed by atoms with Gasteiger partial charge in [0, 0.05) is 36.1 Å². The Hall–Kier alpha value is -1.99. The number of pyridine rings is 1. The third-order valence-corrected chi connectivity index (χ3v) is 8.36. The number of likely N-dealkylation sites (tertiary alicyclic amines) is 1. The summed E-state index contributed by atoms with van der Waals surface area (Å²) in [6.07, 6.45) is 3.58. The number of aromatic nitrogens is 2. The summed E-state index contributed by atoms with van der Waals surface area (Å²) in [6.45, 7) is 2.94. The van der Waals surface area contributed by atoms with Gasteiger partial charge in [0.1, 0.15) is 21.2 Å². The summed E-state index contributed by atoms with van der Waals surface area (Å²) in [5.41, 5.74) is 2.91. The van der Waals surface area contributed by atoms with Gasteiger partial charge in [0.2, 0.25) is 5.92 Å². The Morgan fingerprint density at radius 3 is 2.55 bits per heavy atom. The van der Waals surface area contributed by atoms with E-state index in [2.05, 4.69) is 9.88 Å². The van der Waals surface area contributed by atoms with Gasteiger partial charge in [-0.25, -0.2) is 23.1 Å². The van der Waals surface area contributed by atoms with E-state index in [9.17, 15) is 13.2 Å². The predicted octanol–water partition coefficient (Wildman–Crippen LogP) is 6.17. The lowest BCUT2D eigenvalue weighted by Crippen LogP contribution is -2.36. The molecule has 0 amide bonds. The molecule has 3 aliphatic rings. The second-order valence-corrected chi connectivity index (χ2v) is 10.4. The lowest BCUT2D eigenvalue weighted by Gasteiger charge is -2.30. The van der Waals surface area contributed by atoms with Gasteiger partial charge in [0.15, 0.2) is 0 Å². The Morgan fingerprint density at radius 2 is 1.90 bits per heavy atom. The maximum atomic E-state index is 14.8. The first kappa shape index (κ1) is 19.7. The summed E-state index contributed by atoms with van der Waals surface area (Å²) in [6, 6.07) is 9.26. The Labute approximate surface area is 183 Å². The first-order valence-corrected chi connectivity index (χ1v) is 11.9. The van der Waals surface area contributed by atoms with Crippen molar-refractivity contribution in [3.05, 3.63) is 47.4 Å². The van der Waals surface area contributed by atoms with Gasteiger partial charge in [-0.05, 0) is 74.5 Å². The van der Waals surface area contributed by atoms with Gasteiger partial charge >= 0.3 is 0 Å². The van der Waals surface area contributed by atoms with Crippen LogP contribution in [0, 0.1) is 11.7 Å². The molecule has 31 heavy (non-hydrogen) atoms. The smallest absolute Gasteiger partial charge is 0.248 e. The quantitative estimate of drug-likeness (QED) is 0.472. The molecular formula is C24H24F3N3S. The van der Waals surface area contributed by atoms with Gasteiger partial charge in [-0.3, -0.25) is 4.90 Å². The summed E-state index contributed by atoms with van der Waals surface area (Å²) >= 11 is 1.38. The summed E-state index contributed by atoms with van der Waals surface area (Å²) in [5, 5.41) is 0.616. The Kier molecular flexibility index (Phi) is 4.45. The second-order valence-electron chi connectivity index (χ2n) is 9.44. The average molecular weight is 444 g/mol. The van der Waals surface area contributed by atoms with E-state index in [0.717, 1.165) is 54.1 Å². The lowest BCUT2D eigenvalue weighted by atomic mass is 9.84. The number of rotatable bonds is 5. The van der Waals surface area contributed by atoms with Crippen LogP contribution in [-0.2, 0) is 12.0 Å². The van der Waals surface area contributed by atoms with Gasteiger partial charge < -0.3 is 0 Å². The second kappa shape index (κ2) is 7.01. The van der Waals surface area contributed by atoms with E-state index in [4.69, 9.17) is 4.98 Å². The van der Waals surface area contributed by atoms with Crippen LogP contribution in [0.3, 0.4) is 0 Å². The van der Waals surface area contributed by atoms with Crippen LogP contribution in [0.15, 0.2) is 30.3 Å². The summed E-state index contributed by atoms with van der Waals surface area (Å²) < 4.78 is 42.5. The van der Waals surface area contributed by atoms with Crippen LogP contribution in [0.4, 0.5) is 13.2 Å². The van der Waals surface area contributed by atoms with Crippen molar-refractivity contribution in [2.45, 2.75) is 56.4 Å². The predicted molar refractivity (Wildman–Crippen MR) is 116 cm³/mol. The van der Waals surface area contributed by atoms with Gasteiger partial charge in [0.05, 0.1) is 0 Å². The van der Waals surface area contributed by atoms with Crippen molar-refractivity contribution in [1.29, 1.82) is 0 Å². The maximum Gasteiger partial charge on any atom is 0.248 e. The zero-order valence-corrected chi connectivity index (χ0v) is 18.0. The highest BCUT2D eigenvalue weighted by Crippen LogP contribution is 2.60.